The molecule has 2 fully saturated rings. The van der Waals surface area contributed by atoms with E-state index in [-0.39, 0.29) is 0 Å². The highest BCUT2D eigenvalue weighted by molar-refractivity contribution is 5.05. The maximum absolute atomic E-state index is 5.99. The lowest BCUT2D eigenvalue weighted by Crippen LogP contribution is -2.61. The fourth-order valence-electron chi connectivity index (χ4n) is 2.76. The average molecular weight is 139 g/mol. The molecule has 1 unspecified atom stereocenters. The smallest absolute Gasteiger partial charge is 0.0101 e. The Kier molecular flexibility index (Phi) is 1.48. The van der Waals surface area contributed by atoms with Gasteiger partial charge in [-0.05, 0) is 37.0 Å². The predicted octanol–water partition coefficient (Wildman–Crippen LogP) is 1.77. The van der Waals surface area contributed by atoms with Crippen LogP contribution >= 0.6 is 0 Å². The highest BCUT2D eigenvalue weighted by Gasteiger charge is 2.52. The van der Waals surface area contributed by atoms with Gasteiger partial charge >= 0.3 is 0 Å². The fraction of sp³-hybridized carbons (Fsp3) is 1.00. The number of hydrogen-bond acceptors (Lipinski definition) is 1. The van der Waals surface area contributed by atoms with Crippen molar-refractivity contribution < 1.29 is 0 Å². The highest BCUT2D eigenvalue weighted by Crippen LogP contribution is 2.54. The summed E-state index contributed by atoms with van der Waals surface area (Å²) in [4.78, 5) is 0. The van der Waals surface area contributed by atoms with Gasteiger partial charge in [-0.2, -0.15) is 0 Å². The van der Waals surface area contributed by atoms with Crippen LogP contribution in [-0.4, -0.2) is 6.04 Å². The normalized spacial score (nSPS) is 51.0. The van der Waals surface area contributed by atoms with Gasteiger partial charge in [0.1, 0.15) is 0 Å². The summed E-state index contributed by atoms with van der Waals surface area (Å²) in [5.41, 5.74) is 5.99. The van der Waals surface area contributed by atoms with Crippen LogP contribution in [0.15, 0.2) is 0 Å². The molecule has 0 heterocycles. The minimum Gasteiger partial charge on any atom is -0.327 e. The third-order valence-corrected chi connectivity index (χ3v) is 3.54. The standard InChI is InChI=1S/C9H17N/c1-2-3-7-6-4-5-8(6)9(7)10/h6-9H,2-5,10H2,1H3/t6-,7-,8?,9+/m0/s1. The van der Waals surface area contributed by atoms with Crippen molar-refractivity contribution in [3.05, 3.63) is 0 Å². The Balaban J connectivity index is 1.87. The fourth-order valence-corrected chi connectivity index (χ4v) is 2.76. The van der Waals surface area contributed by atoms with Crippen molar-refractivity contribution in [2.75, 3.05) is 0 Å². The van der Waals surface area contributed by atoms with Gasteiger partial charge in [-0.15, -0.1) is 0 Å². The van der Waals surface area contributed by atoms with Crippen molar-refractivity contribution in [2.45, 2.75) is 38.6 Å². The maximum atomic E-state index is 5.99. The van der Waals surface area contributed by atoms with Crippen LogP contribution in [0.5, 0.6) is 0 Å². The van der Waals surface area contributed by atoms with E-state index in [9.17, 15) is 0 Å². The largest absolute Gasteiger partial charge is 0.327 e. The van der Waals surface area contributed by atoms with Crippen molar-refractivity contribution in [2.24, 2.45) is 23.5 Å². The molecular weight excluding hydrogens is 122 g/mol. The van der Waals surface area contributed by atoms with Gasteiger partial charge in [-0.3, -0.25) is 0 Å². The molecule has 0 bridgehead atoms. The van der Waals surface area contributed by atoms with E-state index in [1.807, 2.05) is 0 Å². The molecule has 2 rings (SSSR count). The minimum atomic E-state index is 0.582. The molecule has 0 aliphatic heterocycles. The van der Waals surface area contributed by atoms with Crippen LogP contribution in [0.2, 0.25) is 0 Å². The lowest BCUT2D eigenvalue weighted by molar-refractivity contribution is -0.0564. The Morgan fingerprint density at radius 3 is 2.40 bits per heavy atom. The Morgan fingerprint density at radius 2 is 2.00 bits per heavy atom. The van der Waals surface area contributed by atoms with Crippen LogP contribution in [-0.2, 0) is 0 Å². The number of fused-ring (bicyclic) bond motifs is 1. The molecule has 2 aliphatic carbocycles. The number of nitrogens with two attached hydrogens (primary N) is 1. The summed E-state index contributed by atoms with van der Waals surface area (Å²) >= 11 is 0. The van der Waals surface area contributed by atoms with E-state index in [4.69, 9.17) is 5.73 Å². The number of hydrogen-bond donors (Lipinski definition) is 1. The molecule has 4 atom stereocenters. The first-order valence-electron chi connectivity index (χ1n) is 4.60. The summed E-state index contributed by atoms with van der Waals surface area (Å²) in [7, 11) is 0. The topological polar surface area (TPSA) is 26.0 Å². The van der Waals surface area contributed by atoms with Gasteiger partial charge in [0.25, 0.3) is 0 Å². The second-order valence-corrected chi connectivity index (χ2v) is 3.93. The van der Waals surface area contributed by atoms with Crippen LogP contribution in [0.3, 0.4) is 0 Å². The zero-order chi connectivity index (χ0) is 7.14. The predicted molar refractivity (Wildman–Crippen MR) is 42.6 cm³/mol. The van der Waals surface area contributed by atoms with Gasteiger partial charge in [-0.25, -0.2) is 0 Å². The van der Waals surface area contributed by atoms with E-state index in [0.29, 0.717) is 6.04 Å². The van der Waals surface area contributed by atoms with Gasteiger partial charge in [0, 0.05) is 6.04 Å². The molecule has 1 nitrogen and oxygen atoms in total. The molecule has 0 radical (unpaired) electrons. The van der Waals surface area contributed by atoms with Crippen molar-refractivity contribution >= 4 is 0 Å². The van der Waals surface area contributed by atoms with Gasteiger partial charge in [0.2, 0.25) is 0 Å². The average Bonchev–Trinajstić information content (AvgIpc) is 1.85. The lowest BCUT2D eigenvalue weighted by Gasteiger charge is -2.58. The molecule has 0 saturated heterocycles. The molecule has 10 heavy (non-hydrogen) atoms. The van der Waals surface area contributed by atoms with E-state index in [1.165, 1.54) is 25.7 Å². The summed E-state index contributed by atoms with van der Waals surface area (Å²) in [6.07, 6.45) is 5.60. The van der Waals surface area contributed by atoms with E-state index in [1.54, 1.807) is 0 Å². The SMILES string of the molecule is CCC[C@H]1[C@@H]2CCC2[C@@H]1N. The molecule has 0 amide bonds. The van der Waals surface area contributed by atoms with E-state index >= 15 is 0 Å². The summed E-state index contributed by atoms with van der Waals surface area (Å²) in [6, 6.07) is 0.582. The van der Waals surface area contributed by atoms with E-state index in [2.05, 4.69) is 6.92 Å². The third kappa shape index (κ3) is 0.672. The zero-order valence-corrected chi connectivity index (χ0v) is 6.72. The molecule has 0 aromatic heterocycles. The van der Waals surface area contributed by atoms with Crippen molar-refractivity contribution in [3.63, 3.8) is 0 Å². The van der Waals surface area contributed by atoms with Gasteiger partial charge in [-0.1, -0.05) is 13.3 Å². The van der Waals surface area contributed by atoms with Crippen molar-refractivity contribution in [3.8, 4) is 0 Å². The molecule has 2 aliphatic rings. The molecule has 0 aromatic carbocycles. The molecule has 58 valence electrons. The maximum Gasteiger partial charge on any atom is 0.0101 e. The molecular formula is C9H17N. The first-order chi connectivity index (χ1) is 4.84. The van der Waals surface area contributed by atoms with Crippen LogP contribution in [0.4, 0.5) is 0 Å². The zero-order valence-electron chi connectivity index (χ0n) is 6.72. The summed E-state index contributed by atoms with van der Waals surface area (Å²) in [5.74, 6) is 2.90. The molecule has 0 aromatic rings. The first kappa shape index (κ1) is 6.66. The quantitative estimate of drug-likeness (QED) is 0.620. The Hall–Kier alpha value is -0.0400. The summed E-state index contributed by atoms with van der Waals surface area (Å²) < 4.78 is 0. The minimum absolute atomic E-state index is 0.582. The first-order valence-corrected chi connectivity index (χ1v) is 4.60. The van der Waals surface area contributed by atoms with Crippen LogP contribution in [0.25, 0.3) is 0 Å². The van der Waals surface area contributed by atoms with Crippen LogP contribution in [0.1, 0.15) is 32.6 Å². The molecule has 2 N–H and O–H groups in total. The van der Waals surface area contributed by atoms with Crippen LogP contribution < -0.4 is 5.73 Å². The van der Waals surface area contributed by atoms with Crippen molar-refractivity contribution in [1.29, 1.82) is 0 Å². The van der Waals surface area contributed by atoms with Gasteiger partial charge < -0.3 is 5.73 Å². The van der Waals surface area contributed by atoms with Gasteiger partial charge in [0.15, 0.2) is 0 Å². The number of rotatable bonds is 2. The van der Waals surface area contributed by atoms with E-state index in [0.717, 1.165) is 17.8 Å². The van der Waals surface area contributed by atoms with Crippen molar-refractivity contribution in [1.82, 2.24) is 0 Å². The molecule has 1 heteroatoms. The monoisotopic (exact) mass is 139 g/mol. The molecule has 0 spiro atoms. The Morgan fingerprint density at radius 1 is 1.30 bits per heavy atom. The van der Waals surface area contributed by atoms with Gasteiger partial charge in [0.05, 0.1) is 0 Å². The highest BCUT2D eigenvalue weighted by atomic mass is 14.8. The second-order valence-electron chi connectivity index (χ2n) is 3.93. The second kappa shape index (κ2) is 2.23. The molecule has 2 saturated carbocycles. The Labute approximate surface area is 63.0 Å². The summed E-state index contributed by atoms with van der Waals surface area (Å²) in [6.45, 7) is 2.26. The summed E-state index contributed by atoms with van der Waals surface area (Å²) in [5, 5.41) is 0. The third-order valence-electron chi connectivity index (χ3n) is 3.54. The van der Waals surface area contributed by atoms with Crippen LogP contribution in [0, 0.1) is 17.8 Å². The van der Waals surface area contributed by atoms with E-state index < -0.39 is 0 Å². The Bertz CT molecular complexity index is 127. The lowest BCUT2D eigenvalue weighted by atomic mass is 9.49.